The van der Waals surface area contributed by atoms with Crippen LogP contribution in [0, 0.1) is 10.1 Å². The van der Waals surface area contributed by atoms with E-state index in [1.807, 2.05) is 0 Å². The second-order valence-corrected chi connectivity index (χ2v) is 7.48. The van der Waals surface area contributed by atoms with Gasteiger partial charge in [-0.3, -0.25) is 14.9 Å². The first-order valence-corrected chi connectivity index (χ1v) is 10.7. The maximum atomic E-state index is 12.7. The lowest BCUT2D eigenvalue weighted by molar-refractivity contribution is -0.384. The number of anilines is 1. The Balaban J connectivity index is 1.97. The minimum atomic E-state index is -1.27. The number of non-ortho nitro benzene ring substituents is 1. The number of nitrogens with one attached hydrogen (secondary N) is 1. The summed E-state index contributed by atoms with van der Waals surface area (Å²) in [4.78, 5) is 35.2. The summed E-state index contributed by atoms with van der Waals surface area (Å²) in [6, 6.07) is 11.3. The van der Waals surface area contributed by atoms with Gasteiger partial charge in [0.1, 0.15) is 23.0 Å². The van der Waals surface area contributed by atoms with Gasteiger partial charge in [0.15, 0.2) is 0 Å². The highest BCUT2D eigenvalue weighted by atomic mass is 16.6. The molecule has 0 atom stereocenters. The largest absolute Gasteiger partial charge is 0.496 e. The van der Waals surface area contributed by atoms with Gasteiger partial charge in [-0.1, -0.05) is 0 Å². The second kappa shape index (κ2) is 11.6. The molecule has 0 saturated carbocycles. The molecule has 1 amide bonds. The number of rotatable bonds is 10. The van der Waals surface area contributed by atoms with Crippen molar-refractivity contribution in [3.8, 4) is 34.1 Å². The van der Waals surface area contributed by atoms with E-state index >= 15 is 0 Å². The molecule has 0 saturated heterocycles. The van der Waals surface area contributed by atoms with Crippen LogP contribution in [-0.2, 0) is 4.79 Å². The number of hydrogen-bond donors (Lipinski definition) is 2. The number of carboxylic acids is 1. The van der Waals surface area contributed by atoms with Gasteiger partial charge in [0, 0.05) is 47.2 Å². The predicted molar refractivity (Wildman–Crippen MR) is 136 cm³/mol. The molecule has 0 fully saturated rings. The summed E-state index contributed by atoms with van der Waals surface area (Å²) in [6.45, 7) is 0. The van der Waals surface area contributed by atoms with Gasteiger partial charge in [0.05, 0.1) is 44.5 Å². The van der Waals surface area contributed by atoms with Crippen molar-refractivity contribution in [2.75, 3.05) is 33.8 Å². The molecule has 0 spiro atoms. The molecule has 0 aromatic heterocycles. The molecular weight excluding hydrogens is 484 g/mol. The zero-order chi connectivity index (χ0) is 27.1. The number of benzene rings is 3. The number of methoxy groups -OCH3 is 4. The van der Waals surface area contributed by atoms with Crippen LogP contribution in [0.25, 0.3) is 17.2 Å². The van der Waals surface area contributed by atoms with E-state index in [-0.39, 0.29) is 28.1 Å². The van der Waals surface area contributed by atoms with Crippen LogP contribution in [-0.4, -0.2) is 50.3 Å². The fraction of sp³-hybridized carbons (Fsp3) is 0.154. The van der Waals surface area contributed by atoms with Crippen molar-refractivity contribution in [1.29, 1.82) is 0 Å². The molecule has 192 valence electrons. The van der Waals surface area contributed by atoms with Crippen molar-refractivity contribution in [3.63, 3.8) is 0 Å². The van der Waals surface area contributed by atoms with Gasteiger partial charge in [0.25, 0.3) is 5.69 Å². The maximum Gasteiger partial charge on any atom is 0.336 e. The minimum Gasteiger partial charge on any atom is -0.496 e. The molecule has 0 unspecified atom stereocenters. The molecule has 3 aromatic rings. The Morgan fingerprint density at radius 3 is 2.05 bits per heavy atom. The first kappa shape index (κ1) is 26.5. The van der Waals surface area contributed by atoms with Crippen LogP contribution < -0.4 is 24.3 Å². The minimum absolute atomic E-state index is 0.0675. The lowest BCUT2D eigenvalue weighted by Gasteiger charge is -2.14. The fourth-order valence-corrected chi connectivity index (χ4v) is 3.59. The molecule has 0 radical (unpaired) electrons. The van der Waals surface area contributed by atoms with Crippen LogP contribution in [0.4, 0.5) is 11.4 Å². The molecule has 0 aliphatic heterocycles. The van der Waals surface area contributed by atoms with Gasteiger partial charge >= 0.3 is 5.97 Å². The maximum absolute atomic E-state index is 12.7. The quantitative estimate of drug-likeness (QED) is 0.227. The molecule has 3 aromatic carbocycles. The van der Waals surface area contributed by atoms with Crippen molar-refractivity contribution in [2.24, 2.45) is 0 Å². The standard InChI is InChI=1S/C26H24N2O9/c1-34-17-13-23(36-3)19(24(14-17)37-4)8-10-25(29)27-15-5-9-22(35-2)21(11-15)20-12-16(28(32)33)6-7-18(20)26(30)31/h5-14H,1-4H3,(H,27,29)(H,30,31). The molecule has 0 bridgehead atoms. The normalized spacial score (nSPS) is 10.6. The number of nitrogens with zero attached hydrogens (tertiary/aromatic N) is 1. The van der Waals surface area contributed by atoms with Crippen molar-refractivity contribution < 1.29 is 38.6 Å². The number of ether oxygens (including phenoxy) is 4. The summed E-state index contributed by atoms with van der Waals surface area (Å²) in [5.41, 5.74) is 0.690. The van der Waals surface area contributed by atoms with E-state index in [0.717, 1.165) is 18.2 Å². The first-order chi connectivity index (χ1) is 17.7. The molecule has 0 heterocycles. The SMILES string of the molecule is COc1cc(OC)c(C=CC(=O)Nc2ccc(OC)c(-c3cc([N+](=O)[O-])ccc3C(=O)O)c2)c(OC)c1. The zero-order valence-electron chi connectivity index (χ0n) is 20.4. The second-order valence-electron chi connectivity index (χ2n) is 7.48. The smallest absolute Gasteiger partial charge is 0.336 e. The van der Waals surface area contributed by atoms with Crippen LogP contribution >= 0.6 is 0 Å². The fourth-order valence-electron chi connectivity index (χ4n) is 3.59. The van der Waals surface area contributed by atoms with Crippen LogP contribution in [0.15, 0.2) is 54.6 Å². The van der Waals surface area contributed by atoms with Crippen LogP contribution in [0.1, 0.15) is 15.9 Å². The number of carbonyl (C=O) groups is 2. The molecule has 11 heteroatoms. The number of amides is 1. The Labute approximate surface area is 212 Å². The highest BCUT2D eigenvalue weighted by molar-refractivity contribution is 6.03. The Bertz CT molecular complexity index is 1360. The lowest BCUT2D eigenvalue weighted by Crippen LogP contribution is -2.08. The van der Waals surface area contributed by atoms with E-state index in [2.05, 4.69) is 5.32 Å². The summed E-state index contributed by atoms with van der Waals surface area (Å²) in [5, 5.41) is 23.6. The summed E-state index contributed by atoms with van der Waals surface area (Å²) in [5.74, 6) is -0.134. The Morgan fingerprint density at radius 1 is 0.865 bits per heavy atom. The highest BCUT2D eigenvalue weighted by Crippen LogP contribution is 2.37. The molecule has 3 rings (SSSR count). The van der Waals surface area contributed by atoms with Crippen molar-refractivity contribution in [3.05, 3.63) is 75.8 Å². The van der Waals surface area contributed by atoms with Crippen molar-refractivity contribution in [2.45, 2.75) is 0 Å². The summed E-state index contributed by atoms with van der Waals surface area (Å²) < 4.78 is 21.3. The van der Waals surface area contributed by atoms with Crippen molar-refractivity contribution >= 4 is 29.3 Å². The van der Waals surface area contributed by atoms with E-state index < -0.39 is 16.8 Å². The average molecular weight is 508 g/mol. The summed E-state index contributed by atoms with van der Waals surface area (Å²) >= 11 is 0. The molecule has 2 N–H and O–H groups in total. The first-order valence-electron chi connectivity index (χ1n) is 10.7. The molecule has 0 aliphatic carbocycles. The Hall–Kier alpha value is -5.06. The topological polar surface area (TPSA) is 146 Å². The number of carbonyl (C=O) groups excluding carboxylic acids is 1. The average Bonchev–Trinajstić information content (AvgIpc) is 2.90. The van der Waals surface area contributed by atoms with Crippen LogP contribution in [0.5, 0.6) is 23.0 Å². The third kappa shape index (κ3) is 5.96. The summed E-state index contributed by atoms with van der Waals surface area (Å²) in [6.07, 6.45) is 2.78. The van der Waals surface area contributed by atoms with E-state index in [9.17, 15) is 24.8 Å². The number of carboxylic acid groups (broad SMARTS) is 1. The van der Waals surface area contributed by atoms with Gasteiger partial charge in [-0.2, -0.15) is 0 Å². The van der Waals surface area contributed by atoms with Gasteiger partial charge in [-0.05, 0) is 30.3 Å². The molecule has 37 heavy (non-hydrogen) atoms. The Morgan fingerprint density at radius 2 is 1.51 bits per heavy atom. The van der Waals surface area contributed by atoms with E-state index in [0.29, 0.717) is 28.5 Å². The molecule has 0 aliphatic rings. The van der Waals surface area contributed by atoms with E-state index in [1.54, 1.807) is 18.2 Å². The van der Waals surface area contributed by atoms with E-state index in [1.165, 1.54) is 52.7 Å². The number of aromatic carboxylic acids is 1. The van der Waals surface area contributed by atoms with Crippen molar-refractivity contribution in [1.82, 2.24) is 0 Å². The number of nitro groups is 1. The van der Waals surface area contributed by atoms with Gasteiger partial charge < -0.3 is 29.4 Å². The van der Waals surface area contributed by atoms with Crippen LogP contribution in [0.2, 0.25) is 0 Å². The zero-order valence-corrected chi connectivity index (χ0v) is 20.4. The monoisotopic (exact) mass is 508 g/mol. The van der Waals surface area contributed by atoms with Gasteiger partial charge in [-0.25, -0.2) is 4.79 Å². The number of hydrogen-bond acceptors (Lipinski definition) is 8. The third-order valence-corrected chi connectivity index (χ3v) is 5.36. The lowest BCUT2D eigenvalue weighted by atomic mass is 9.97. The third-order valence-electron chi connectivity index (χ3n) is 5.36. The Kier molecular flexibility index (Phi) is 8.31. The summed E-state index contributed by atoms with van der Waals surface area (Å²) in [7, 11) is 5.84. The predicted octanol–water partition coefficient (Wildman–Crippen LogP) is 4.65. The molecular formula is C26H24N2O9. The molecule has 11 nitrogen and oxygen atoms in total. The van der Waals surface area contributed by atoms with Gasteiger partial charge in [-0.15, -0.1) is 0 Å². The number of nitro benzene ring substituents is 1. The van der Waals surface area contributed by atoms with E-state index in [4.69, 9.17) is 18.9 Å². The van der Waals surface area contributed by atoms with Gasteiger partial charge in [0.2, 0.25) is 5.91 Å². The van der Waals surface area contributed by atoms with Crippen LogP contribution in [0.3, 0.4) is 0 Å². The highest BCUT2D eigenvalue weighted by Gasteiger charge is 2.20.